The van der Waals surface area contributed by atoms with Crippen molar-refractivity contribution in [2.75, 3.05) is 19.7 Å². The summed E-state index contributed by atoms with van der Waals surface area (Å²) < 4.78 is 84.8. The predicted molar refractivity (Wildman–Crippen MR) is 136 cm³/mol. The van der Waals surface area contributed by atoms with Crippen molar-refractivity contribution in [3.8, 4) is 11.3 Å². The first-order valence-electron chi connectivity index (χ1n) is 12.2. The number of fused-ring (bicyclic) bond motifs is 1. The highest BCUT2D eigenvalue weighted by atomic mass is 19.4. The van der Waals surface area contributed by atoms with Crippen molar-refractivity contribution < 1.29 is 55.3 Å². The number of carbonyl (C=O) groups is 2. The molecule has 0 saturated carbocycles. The Bertz CT molecular complexity index is 1490. The molecule has 1 unspecified atom stereocenters. The molecular formula is C27H23F7N4O5. The van der Waals surface area contributed by atoms with Crippen molar-refractivity contribution in [2.24, 2.45) is 0 Å². The highest BCUT2D eigenvalue weighted by Crippen LogP contribution is 2.26. The summed E-state index contributed by atoms with van der Waals surface area (Å²) in [6.45, 7) is 3.03. The summed E-state index contributed by atoms with van der Waals surface area (Å²) in [7, 11) is 0. The first-order valence-corrected chi connectivity index (χ1v) is 12.2. The van der Waals surface area contributed by atoms with Gasteiger partial charge in [0.2, 0.25) is 0 Å². The van der Waals surface area contributed by atoms with Gasteiger partial charge in [-0.2, -0.15) is 26.3 Å². The van der Waals surface area contributed by atoms with E-state index in [0.29, 0.717) is 6.61 Å². The van der Waals surface area contributed by atoms with Crippen molar-refractivity contribution in [3.05, 3.63) is 90.3 Å². The van der Waals surface area contributed by atoms with Crippen LogP contribution in [-0.2, 0) is 20.9 Å². The van der Waals surface area contributed by atoms with Gasteiger partial charge in [0.15, 0.2) is 0 Å². The summed E-state index contributed by atoms with van der Waals surface area (Å²) in [6.07, 6.45) is -4.60. The van der Waals surface area contributed by atoms with Crippen LogP contribution >= 0.6 is 0 Å². The van der Waals surface area contributed by atoms with Crippen LogP contribution in [0.3, 0.4) is 0 Å². The van der Waals surface area contributed by atoms with Crippen molar-refractivity contribution >= 4 is 17.6 Å². The Morgan fingerprint density at radius 1 is 0.907 bits per heavy atom. The van der Waals surface area contributed by atoms with Gasteiger partial charge in [-0.3, -0.25) is 14.3 Å². The van der Waals surface area contributed by atoms with E-state index < -0.39 is 24.3 Å². The van der Waals surface area contributed by atoms with E-state index in [2.05, 4.69) is 26.5 Å². The molecule has 1 saturated heterocycles. The second-order valence-electron chi connectivity index (χ2n) is 8.87. The number of pyridine rings is 2. The number of carboxylic acids is 2. The summed E-state index contributed by atoms with van der Waals surface area (Å²) in [4.78, 5) is 29.0. The Labute approximate surface area is 238 Å². The highest BCUT2D eigenvalue weighted by Gasteiger charge is 2.38. The number of alkyl halides is 6. The molecule has 2 N–H and O–H groups in total. The van der Waals surface area contributed by atoms with Gasteiger partial charge in [0, 0.05) is 43.8 Å². The molecule has 0 bridgehead atoms. The Morgan fingerprint density at radius 3 is 2.05 bits per heavy atom. The van der Waals surface area contributed by atoms with Gasteiger partial charge in [-0.05, 0) is 42.0 Å². The quantitative estimate of drug-likeness (QED) is 0.294. The zero-order chi connectivity index (χ0) is 31.8. The van der Waals surface area contributed by atoms with Crippen LogP contribution in [0.4, 0.5) is 30.7 Å². The molecule has 1 aliphatic heterocycles. The minimum atomic E-state index is -5.08. The van der Waals surface area contributed by atoms with E-state index in [1.54, 1.807) is 12.4 Å². The molecule has 230 valence electrons. The van der Waals surface area contributed by atoms with Crippen molar-refractivity contribution in [3.63, 3.8) is 0 Å². The van der Waals surface area contributed by atoms with Gasteiger partial charge in [0.25, 0.3) is 0 Å². The number of carboxylic acid groups (broad SMARTS) is 2. The number of halogens is 7. The monoisotopic (exact) mass is 616 g/mol. The lowest BCUT2D eigenvalue weighted by Gasteiger charge is -2.32. The van der Waals surface area contributed by atoms with Gasteiger partial charge < -0.3 is 14.9 Å². The third-order valence-electron chi connectivity index (χ3n) is 5.77. The Kier molecular flexibility index (Phi) is 10.8. The molecule has 0 radical (unpaired) electrons. The van der Waals surface area contributed by atoms with E-state index in [0.717, 1.165) is 47.8 Å². The number of aliphatic carboxylic acids is 2. The van der Waals surface area contributed by atoms with Crippen LogP contribution < -0.4 is 0 Å². The Hall–Kier alpha value is -4.57. The summed E-state index contributed by atoms with van der Waals surface area (Å²) in [5, 5.41) is 14.2. The third kappa shape index (κ3) is 9.75. The van der Waals surface area contributed by atoms with Crippen LogP contribution in [0.2, 0.25) is 0 Å². The lowest BCUT2D eigenvalue weighted by atomic mass is 10.1. The topological polar surface area (TPSA) is 117 Å². The molecule has 5 rings (SSSR count). The van der Waals surface area contributed by atoms with Gasteiger partial charge in [-0.1, -0.05) is 18.2 Å². The van der Waals surface area contributed by atoms with Crippen LogP contribution in [-0.4, -0.2) is 73.5 Å². The van der Waals surface area contributed by atoms with Gasteiger partial charge in [-0.15, -0.1) is 0 Å². The lowest BCUT2D eigenvalue weighted by molar-refractivity contribution is -0.193. The second-order valence-corrected chi connectivity index (χ2v) is 8.87. The second kappa shape index (κ2) is 14.1. The predicted octanol–water partition coefficient (Wildman–Crippen LogP) is 5.38. The number of aromatic nitrogens is 3. The maximum atomic E-state index is 13.2. The average molecular weight is 616 g/mol. The van der Waals surface area contributed by atoms with Gasteiger partial charge in [0.05, 0.1) is 18.0 Å². The lowest BCUT2D eigenvalue weighted by Crippen LogP contribution is -2.37. The standard InChI is InChI=1S/C23H21FN4O.2C2HF3O2/c24-19-6-4-17(5-7-19)14-27-12-13-29-22(16-27)20-15-28-21(2-1-3-23(28)26-20)18-8-10-25-11-9-18;2*3-2(4,5)1(6)7/h1-11,15,22H,12-14,16H2;2*(H,6,7). The van der Waals surface area contributed by atoms with E-state index in [4.69, 9.17) is 29.5 Å². The van der Waals surface area contributed by atoms with E-state index in [-0.39, 0.29) is 11.9 Å². The van der Waals surface area contributed by atoms with E-state index in [9.17, 15) is 30.7 Å². The largest absolute Gasteiger partial charge is 0.490 e. The highest BCUT2D eigenvalue weighted by molar-refractivity contribution is 5.73. The SMILES string of the molecule is Fc1ccc(CN2CCOC(c3cn4c(-c5ccncc5)cccc4n3)C2)cc1.O=C(O)C(F)(F)F.O=C(O)C(F)(F)F. The van der Waals surface area contributed by atoms with E-state index in [1.807, 2.05) is 36.4 Å². The average Bonchev–Trinajstić information content (AvgIpc) is 3.39. The molecule has 0 spiro atoms. The van der Waals surface area contributed by atoms with Gasteiger partial charge in [-0.25, -0.2) is 19.0 Å². The molecule has 43 heavy (non-hydrogen) atoms. The Balaban J connectivity index is 0.000000303. The first-order chi connectivity index (χ1) is 20.1. The number of rotatable bonds is 4. The van der Waals surface area contributed by atoms with Crippen LogP contribution in [0.5, 0.6) is 0 Å². The van der Waals surface area contributed by atoms with Gasteiger partial charge in [0.1, 0.15) is 17.6 Å². The molecule has 4 heterocycles. The van der Waals surface area contributed by atoms with Crippen LogP contribution in [0.15, 0.2) is 73.2 Å². The van der Waals surface area contributed by atoms with Crippen molar-refractivity contribution in [2.45, 2.75) is 25.0 Å². The van der Waals surface area contributed by atoms with Crippen LogP contribution in [0.25, 0.3) is 16.9 Å². The maximum Gasteiger partial charge on any atom is 0.490 e. The smallest absolute Gasteiger partial charge is 0.475 e. The number of nitrogens with zero attached hydrogens (tertiary/aromatic N) is 4. The summed E-state index contributed by atoms with van der Waals surface area (Å²) in [5.41, 5.74) is 5.09. The Morgan fingerprint density at radius 2 is 1.49 bits per heavy atom. The van der Waals surface area contributed by atoms with Gasteiger partial charge >= 0.3 is 24.3 Å². The molecule has 1 aliphatic rings. The number of hydrogen-bond donors (Lipinski definition) is 2. The molecule has 1 atom stereocenters. The molecule has 3 aromatic heterocycles. The molecule has 0 amide bonds. The molecule has 4 aromatic rings. The minimum Gasteiger partial charge on any atom is -0.475 e. The van der Waals surface area contributed by atoms with Crippen LogP contribution in [0, 0.1) is 5.82 Å². The zero-order valence-electron chi connectivity index (χ0n) is 21.9. The number of imidazole rings is 1. The summed E-state index contributed by atoms with van der Waals surface area (Å²) in [5.74, 6) is -5.72. The molecule has 9 nitrogen and oxygen atoms in total. The zero-order valence-corrected chi connectivity index (χ0v) is 21.9. The summed E-state index contributed by atoms with van der Waals surface area (Å²) >= 11 is 0. The van der Waals surface area contributed by atoms with Crippen molar-refractivity contribution in [1.29, 1.82) is 0 Å². The minimum absolute atomic E-state index is 0.0885. The first kappa shape index (κ1) is 32.9. The number of benzene rings is 1. The van der Waals surface area contributed by atoms with Crippen molar-refractivity contribution in [1.82, 2.24) is 19.3 Å². The third-order valence-corrected chi connectivity index (χ3v) is 5.77. The fourth-order valence-electron chi connectivity index (χ4n) is 3.82. The fraction of sp³-hybridized carbons (Fsp3) is 0.259. The molecule has 0 aliphatic carbocycles. The fourth-order valence-corrected chi connectivity index (χ4v) is 3.82. The molecule has 16 heteroatoms. The van der Waals surface area contributed by atoms with Crippen LogP contribution in [0.1, 0.15) is 17.4 Å². The van der Waals surface area contributed by atoms with E-state index in [1.165, 1.54) is 12.1 Å². The number of morpholine rings is 1. The molecule has 1 fully saturated rings. The normalized spacial score (nSPS) is 15.6. The maximum absolute atomic E-state index is 13.2. The van der Waals surface area contributed by atoms with E-state index >= 15 is 0 Å². The number of hydrogen-bond acceptors (Lipinski definition) is 6. The summed E-state index contributed by atoms with van der Waals surface area (Å²) in [6, 6.07) is 16.8. The number of ether oxygens (including phenoxy) is 1. The molecule has 1 aromatic carbocycles. The molecular weight excluding hydrogens is 593 g/mol.